The molecule has 0 N–H and O–H groups in total. The lowest BCUT2D eigenvalue weighted by Gasteiger charge is -2.12. The average molecular weight is 692 g/mol. The summed E-state index contributed by atoms with van der Waals surface area (Å²) in [5.74, 6) is 1.71. The first kappa shape index (κ1) is 30.3. The van der Waals surface area contributed by atoms with Gasteiger partial charge in [0.2, 0.25) is 0 Å². The molecule has 0 saturated carbocycles. The number of para-hydroxylation sites is 2. The smallest absolute Gasteiger partial charge is 0.164 e. The van der Waals surface area contributed by atoms with E-state index < -0.39 is 0 Å². The molecule has 0 saturated heterocycles. The largest absolute Gasteiger partial charge is 0.456 e. The molecule has 54 heavy (non-hydrogen) atoms. The molecule has 0 radical (unpaired) electrons. The molecule has 0 atom stereocenters. The molecule has 0 aliphatic heterocycles. The van der Waals surface area contributed by atoms with Crippen LogP contribution in [0, 0.1) is 0 Å². The van der Waals surface area contributed by atoms with Gasteiger partial charge in [0.05, 0.1) is 0 Å². The van der Waals surface area contributed by atoms with Gasteiger partial charge in [0.25, 0.3) is 0 Å². The van der Waals surface area contributed by atoms with E-state index in [9.17, 15) is 0 Å². The highest BCUT2D eigenvalue weighted by Crippen LogP contribution is 2.43. The van der Waals surface area contributed by atoms with Crippen LogP contribution in [0.1, 0.15) is 0 Å². The lowest BCUT2D eigenvalue weighted by atomic mass is 9.96. The number of aromatic nitrogens is 3. The third-order valence-corrected chi connectivity index (χ3v) is 10.3. The fourth-order valence-corrected chi connectivity index (χ4v) is 7.78. The van der Waals surface area contributed by atoms with Crippen molar-refractivity contribution in [3.8, 4) is 56.4 Å². The first-order valence-corrected chi connectivity index (χ1v) is 18.0. The highest BCUT2D eigenvalue weighted by Gasteiger charge is 2.22. The number of hydrogen-bond donors (Lipinski definition) is 0. The van der Waals surface area contributed by atoms with Crippen molar-refractivity contribution in [3.63, 3.8) is 0 Å². The molecular formula is C49H29N3O2. The van der Waals surface area contributed by atoms with Crippen LogP contribution in [-0.2, 0) is 0 Å². The third-order valence-electron chi connectivity index (χ3n) is 10.3. The highest BCUT2D eigenvalue weighted by molar-refractivity contribution is 6.21. The second kappa shape index (κ2) is 12.1. The molecule has 0 unspecified atom stereocenters. The minimum absolute atomic E-state index is 0.563. The van der Waals surface area contributed by atoms with Crippen molar-refractivity contribution in [1.29, 1.82) is 0 Å². The van der Waals surface area contributed by atoms with E-state index in [0.717, 1.165) is 93.6 Å². The van der Waals surface area contributed by atoms with E-state index in [1.807, 2.05) is 60.7 Å². The van der Waals surface area contributed by atoms with Crippen molar-refractivity contribution < 1.29 is 8.83 Å². The van der Waals surface area contributed by atoms with Crippen LogP contribution in [0.2, 0.25) is 0 Å². The number of fused-ring (bicyclic) bond motifs is 8. The molecule has 252 valence electrons. The van der Waals surface area contributed by atoms with Crippen LogP contribution >= 0.6 is 0 Å². The van der Waals surface area contributed by atoms with Crippen LogP contribution in [0.3, 0.4) is 0 Å². The van der Waals surface area contributed by atoms with Gasteiger partial charge in [-0.3, -0.25) is 0 Å². The first-order chi connectivity index (χ1) is 26.7. The van der Waals surface area contributed by atoms with E-state index in [2.05, 4.69) is 115 Å². The summed E-state index contributed by atoms with van der Waals surface area (Å²) in [6, 6.07) is 60.4. The zero-order valence-electron chi connectivity index (χ0n) is 28.9. The quantitative estimate of drug-likeness (QED) is 0.180. The van der Waals surface area contributed by atoms with Crippen molar-refractivity contribution in [2.75, 3.05) is 0 Å². The Labute approximate surface area is 309 Å². The Hall–Kier alpha value is -7.37. The summed E-state index contributed by atoms with van der Waals surface area (Å²) >= 11 is 0. The lowest BCUT2D eigenvalue weighted by molar-refractivity contribution is 0.669. The van der Waals surface area contributed by atoms with Gasteiger partial charge in [-0.1, -0.05) is 133 Å². The highest BCUT2D eigenvalue weighted by atomic mass is 16.3. The van der Waals surface area contributed by atoms with Crippen LogP contribution in [-0.4, -0.2) is 15.0 Å². The molecule has 0 aliphatic rings. The van der Waals surface area contributed by atoms with Crippen LogP contribution in [0.5, 0.6) is 0 Å². The van der Waals surface area contributed by atoms with Gasteiger partial charge in [-0.2, -0.15) is 0 Å². The Morgan fingerprint density at radius 2 is 0.870 bits per heavy atom. The molecule has 3 heterocycles. The van der Waals surface area contributed by atoms with Crippen LogP contribution in [0.4, 0.5) is 0 Å². The zero-order valence-corrected chi connectivity index (χ0v) is 28.9. The van der Waals surface area contributed by atoms with Crippen molar-refractivity contribution >= 4 is 54.6 Å². The Kier molecular flexibility index (Phi) is 6.79. The summed E-state index contributed by atoms with van der Waals surface area (Å²) in [6.07, 6.45) is 0. The van der Waals surface area contributed by atoms with Crippen molar-refractivity contribution in [3.05, 3.63) is 176 Å². The van der Waals surface area contributed by atoms with E-state index in [4.69, 9.17) is 23.8 Å². The molecule has 11 aromatic rings. The maximum absolute atomic E-state index is 6.68. The molecule has 0 bridgehead atoms. The summed E-state index contributed by atoms with van der Waals surface area (Å²) in [6.45, 7) is 0. The summed E-state index contributed by atoms with van der Waals surface area (Å²) < 4.78 is 13.0. The van der Waals surface area contributed by atoms with E-state index in [-0.39, 0.29) is 0 Å². The normalized spacial score (nSPS) is 11.7. The molecule has 0 spiro atoms. The average Bonchev–Trinajstić information content (AvgIpc) is 3.83. The predicted molar refractivity (Wildman–Crippen MR) is 219 cm³/mol. The van der Waals surface area contributed by atoms with E-state index in [0.29, 0.717) is 17.5 Å². The molecule has 5 nitrogen and oxygen atoms in total. The van der Waals surface area contributed by atoms with E-state index >= 15 is 0 Å². The van der Waals surface area contributed by atoms with Gasteiger partial charge in [-0.25, -0.2) is 15.0 Å². The number of hydrogen-bond acceptors (Lipinski definition) is 5. The summed E-state index contributed by atoms with van der Waals surface area (Å²) in [4.78, 5) is 15.9. The van der Waals surface area contributed by atoms with Crippen molar-refractivity contribution in [2.45, 2.75) is 0 Å². The Morgan fingerprint density at radius 3 is 1.63 bits per heavy atom. The van der Waals surface area contributed by atoms with Crippen LogP contribution in [0.15, 0.2) is 185 Å². The van der Waals surface area contributed by atoms with Crippen LogP contribution < -0.4 is 0 Å². The molecular weight excluding hydrogens is 663 g/mol. The fraction of sp³-hybridized carbons (Fsp3) is 0. The molecule has 11 rings (SSSR count). The third kappa shape index (κ3) is 4.90. The molecule has 3 aromatic heterocycles. The molecule has 5 heteroatoms. The van der Waals surface area contributed by atoms with Crippen molar-refractivity contribution in [2.24, 2.45) is 0 Å². The summed E-state index contributed by atoms with van der Waals surface area (Å²) in [7, 11) is 0. The Bertz CT molecular complexity index is 3220. The predicted octanol–water partition coefficient (Wildman–Crippen LogP) is 13.2. The molecule has 0 aliphatic carbocycles. The summed E-state index contributed by atoms with van der Waals surface area (Å²) in [5, 5.41) is 6.03. The van der Waals surface area contributed by atoms with E-state index in [1.165, 1.54) is 0 Å². The van der Waals surface area contributed by atoms with Gasteiger partial charge in [-0.05, 0) is 70.1 Å². The number of furan rings is 2. The SMILES string of the molecule is c1ccc(-c2cccc(-c3nc(-c4cccc5oc6ccccc6c45)nc(-c4cc5cc(-c6ccccc6)ccc5c5oc6ccccc6c45)n3)c2)cc1. The van der Waals surface area contributed by atoms with Crippen LogP contribution in [0.25, 0.3) is 111 Å². The fourth-order valence-electron chi connectivity index (χ4n) is 7.78. The molecule has 0 amide bonds. The summed E-state index contributed by atoms with van der Waals surface area (Å²) in [5.41, 5.74) is 10.3. The standard InChI is InChI=1S/C49H29N3O2/c1-3-13-30(14-4-1)32-17-11-18-34(27-32)47-50-48(39-21-12-24-43-44(39)37-19-7-9-22-41(37)53-43)52-49(51-47)40-29-35-28-33(31-15-5-2-6-16-31)25-26-36(35)46-45(40)38-20-8-10-23-42(38)54-46/h1-29H. The minimum Gasteiger partial charge on any atom is -0.456 e. The Morgan fingerprint density at radius 1 is 0.315 bits per heavy atom. The maximum atomic E-state index is 6.68. The van der Waals surface area contributed by atoms with Crippen molar-refractivity contribution in [1.82, 2.24) is 15.0 Å². The van der Waals surface area contributed by atoms with E-state index in [1.54, 1.807) is 0 Å². The number of rotatable bonds is 5. The minimum atomic E-state index is 0.563. The first-order valence-electron chi connectivity index (χ1n) is 18.0. The van der Waals surface area contributed by atoms with Gasteiger partial charge in [0, 0.05) is 43.6 Å². The molecule has 0 fully saturated rings. The number of nitrogens with zero attached hydrogens (tertiary/aromatic N) is 3. The second-order valence-corrected chi connectivity index (χ2v) is 13.6. The molecule has 8 aromatic carbocycles. The topological polar surface area (TPSA) is 65.0 Å². The van der Waals surface area contributed by atoms with Gasteiger partial charge >= 0.3 is 0 Å². The van der Waals surface area contributed by atoms with Gasteiger partial charge in [-0.15, -0.1) is 0 Å². The van der Waals surface area contributed by atoms with Gasteiger partial charge < -0.3 is 8.83 Å². The lowest BCUT2D eigenvalue weighted by Crippen LogP contribution is -2.01. The maximum Gasteiger partial charge on any atom is 0.164 e. The zero-order chi connectivity index (χ0) is 35.6. The second-order valence-electron chi connectivity index (χ2n) is 13.6. The Balaban J connectivity index is 1.22. The number of benzene rings is 8. The monoisotopic (exact) mass is 691 g/mol. The van der Waals surface area contributed by atoms with Gasteiger partial charge in [0.1, 0.15) is 22.3 Å². The van der Waals surface area contributed by atoms with Gasteiger partial charge in [0.15, 0.2) is 17.5 Å².